The van der Waals surface area contributed by atoms with Gasteiger partial charge in [-0.25, -0.2) is 4.79 Å². The summed E-state index contributed by atoms with van der Waals surface area (Å²) in [7, 11) is 1.77. The number of benzene rings is 1. The average Bonchev–Trinajstić information content (AvgIpc) is 2.88. The Morgan fingerprint density at radius 3 is 2.52 bits per heavy atom. The summed E-state index contributed by atoms with van der Waals surface area (Å²) in [5.41, 5.74) is 1.91. The molecular formula is C16H21ClN4O2. The maximum absolute atomic E-state index is 12.1. The van der Waals surface area contributed by atoms with Crippen LogP contribution in [0.15, 0.2) is 24.5 Å². The molecule has 0 saturated carbocycles. The van der Waals surface area contributed by atoms with Crippen LogP contribution in [-0.2, 0) is 12.6 Å². The topological polar surface area (TPSA) is 79.2 Å². The van der Waals surface area contributed by atoms with Crippen LogP contribution in [0.5, 0.6) is 0 Å². The van der Waals surface area contributed by atoms with Gasteiger partial charge in [0.2, 0.25) is 0 Å². The summed E-state index contributed by atoms with van der Waals surface area (Å²) >= 11 is 5.98. The fourth-order valence-corrected chi connectivity index (χ4v) is 2.65. The quantitative estimate of drug-likeness (QED) is 0.803. The number of anilines is 1. The van der Waals surface area contributed by atoms with Crippen LogP contribution >= 0.6 is 11.6 Å². The van der Waals surface area contributed by atoms with Crippen molar-refractivity contribution in [2.45, 2.75) is 26.4 Å². The molecule has 0 aliphatic rings. The number of hydrogen-bond acceptors (Lipinski definition) is 3. The molecule has 0 aliphatic carbocycles. The molecule has 124 valence electrons. The predicted octanol–water partition coefficient (Wildman–Crippen LogP) is 2.72. The smallest absolute Gasteiger partial charge is 0.319 e. The minimum absolute atomic E-state index is 0.0657. The zero-order valence-corrected chi connectivity index (χ0v) is 14.4. The Bertz CT molecular complexity index is 702. The van der Waals surface area contributed by atoms with Crippen molar-refractivity contribution in [1.82, 2.24) is 15.1 Å². The van der Waals surface area contributed by atoms with Crippen molar-refractivity contribution in [2.75, 3.05) is 11.9 Å². The second-order valence-electron chi connectivity index (χ2n) is 5.90. The summed E-state index contributed by atoms with van der Waals surface area (Å²) in [5.74, 6) is 0. The lowest BCUT2D eigenvalue weighted by Gasteiger charge is -2.22. The standard InChI is InChI=1S/C16H21ClN4O2/c1-10-5-13(17)6-11(2)14(10)20-15(22)18-9-16(3,23)12-7-19-21(4)8-12/h5-8,23H,9H2,1-4H3,(H2,18,20,22). The summed E-state index contributed by atoms with van der Waals surface area (Å²) < 4.78 is 1.60. The molecule has 0 saturated heterocycles. The molecule has 1 atom stereocenters. The van der Waals surface area contributed by atoms with Gasteiger partial charge in [-0.3, -0.25) is 4.68 Å². The van der Waals surface area contributed by atoms with Gasteiger partial charge in [-0.2, -0.15) is 5.10 Å². The Balaban J connectivity index is 2.01. The number of urea groups is 1. The van der Waals surface area contributed by atoms with Crippen molar-refractivity contribution < 1.29 is 9.90 Å². The van der Waals surface area contributed by atoms with Gasteiger partial charge in [0.05, 0.1) is 12.7 Å². The van der Waals surface area contributed by atoms with Gasteiger partial charge in [0.25, 0.3) is 0 Å². The largest absolute Gasteiger partial charge is 0.383 e. The van der Waals surface area contributed by atoms with Gasteiger partial charge in [0, 0.05) is 29.5 Å². The first-order valence-electron chi connectivity index (χ1n) is 7.22. The van der Waals surface area contributed by atoms with E-state index in [1.807, 2.05) is 13.8 Å². The molecule has 1 heterocycles. The molecule has 2 amide bonds. The lowest BCUT2D eigenvalue weighted by Crippen LogP contribution is -2.40. The van der Waals surface area contributed by atoms with E-state index in [0.29, 0.717) is 16.3 Å². The molecule has 1 aromatic carbocycles. The SMILES string of the molecule is Cc1cc(Cl)cc(C)c1NC(=O)NCC(C)(O)c1cnn(C)c1. The maximum Gasteiger partial charge on any atom is 0.319 e. The van der Waals surface area contributed by atoms with E-state index in [-0.39, 0.29) is 12.6 Å². The minimum Gasteiger partial charge on any atom is -0.383 e. The van der Waals surface area contributed by atoms with Gasteiger partial charge in [0.15, 0.2) is 0 Å². The highest BCUT2D eigenvalue weighted by Crippen LogP contribution is 2.25. The number of carbonyl (C=O) groups excluding carboxylic acids is 1. The van der Waals surface area contributed by atoms with Crippen LogP contribution < -0.4 is 10.6 Å². The number of amides is 2. The number of aliphatic hydroxyl groups is 1. The molecule has 0 fully saturated rings. The third-order valence-corrected chi connectivity index (χ3v) is 3.87. The van der Waals surface area contributed by atoms with Crippen LogP contribution in [-0.4, -0.2) is 27.5 Å². The van der Waals surface area contributed by atoms with E-state index in [0.717, 1.165) is 11.1 Å². The van der Waals surface area contributed by atoms with Crippen LogP contribution in [0.4, 0.5) is 10.5 Å². The highest BCUT2D eigenvalue weighted by Gasteiger charge is 2.25. The fourth-order valence-electron chi connectivity index (χ4n) is 2.32. The van der Waals surface area contributed by atoms with E-state index >= 15 is 0 Å². The first kappa shape index (κ1) is 17.3. The zero-order valence-electron chi connectivity index (χ0n) is 13.6. The number of rotatable bonds is 4. The van der Waals surface area contributed by atoms with E-state index in [2.05, 4.69) is 15.7 Å². The van der Waals surface area contributed by atoms with Crippen molar-refractivity contribution in [3.8, 4) is 0 Å². The predicted molar refractivity (Wildman–Crippen MR) is 90.7 cm³/mol. The molecule has 1 unspecified atom stereocenters. The molecule has 0 aliphatic heterocycles. The molecule has 1 aromatic heterocycles. The second-order valence-corrected chi connectivity index (χ2v) is 6.34. The highest BCUT2D eigenvalue weighted by atomic mass is 35.5. The molecule has 7 heteroatoms. The molecule has 0 bridgehead atoms. The lowest BCUT2D eigenvalue weighted by atomic mass is 10.00. The van der Waals surface area contributed by atoms with Crippen LogP contribution in [0.3, 0.4) is 0 Å². The molecular weight excluding hydrogens is 316 g/mol. The Hall–Kier alpha value is -2.05. The van der Waals surface area contributed by atoms with Crippen molar-refractivity contribution >= 4 is 23.3 Å². The van der Waals surface area contributed by atoms with Crippen molar-refractivity contribution in [3.05, 3.63) is 46.2 Å². The Kier molecular flexibility index (Phi) is 4.97. The first-order chi connectivity index (χ1) is 10.7. The number of halogens is 1. The summed E-state index contributed by atoms with van der Waals surface area (Å²) in [6, 6.07) is 3.19. The van der Waals surface area contributed by atoms with E-state index in [9.17, 15) is 9.90 Å². The number of carbonyl (C=O) groups is 1. The van der Waals surface area contributed by atoms with E-state index < -0.39 is 5.60 Å². The normalized spacial score (nSPS) is 13.5. The van der Waals surface area contributed by atoms with Crippen molar-refractivity contribution in [1.29, 1.82) is 0 Å². The molecule has 23 heavy (non-hydrogen) atoms. The average molecular weight is 337 g/mol. The monoisotopic (exact) mass is 336 g/mol. The van der Waals surface area contributed by atoms with Crippen LogP contribution in [0.1, 0.15) is 23.6 Å². The molecule has 2 aromatic rings. The third-order valence-electron chi connectivity index (χ3n) is 3.66. The van der Waals surface area contributed by atoms with Gasteiger partial charge >= 0.3 is 6.03 Å². The summed E-state index contributed by atoms with van der Waals surface area (Å²) in [6.45, 7) is 5.44. The third kappa shape index (κ3) is 4.24. The number of aromatic nitrogens is 2. The molecule has 0 radical (unpaired) electrons. The summed E-state index contributed by atoms with van der Waals surface area (Å²) in [4.78, 5) is 12.1. The first-order valence-corrected chi connectivity index (χ1v) is 7.60. The summed E-state index contributed by atoms with van der Waals surface area (Å²) in [6.07, 6.45) is 3.29. The van der Waals surface area contributed by atoms with Gasteiger partial charge in [-0.1, -0.05) is 11.6 Å². The van der Waals surface area contributed by atoms with Gasteiger partial charge in [-0.15, -0.1) is 0 Å². The molecule has 6 nitrogen and oxygen atoms in total. The number of hydrogen-bond donors (Lipinski definition) is 3. The molecule has 0 spiro atoms. The Morgan fingerprint density at radius 2 is 2.00 bits per heavy atom. The van der Waals surface area contributed by atoms with Gasteiger partial charge in [-0.05, 0) is 44.0 Å². The van der Waals surface area contributed by atoms with Crippen molar-refractivity contribution in [3.63, 3.8) is 0 Å². The highest BCUT2D eigenvalue weighted by molar-refractivity contribution is 6.30. The van der Waals surface area contributed by atoms with E-state index in [1.54, 1.807) is 43.2 Å². The maximum atomic E-state index is 12.1. The zero-order chi connectivity index (χ0) is 17.2. The molecule has 2 rings (SSSR count). The number of nitrogens with one attached hydrogen (secondary N) is 2. The van der Waals surface area contributed by atoms with Crippen molar-refractivity contribution in [2.24, 2.45) is 7.05 Å². The summed E-state index contributed by atoms with van der Waals surface area (Å²) in [5, 5.41) is 20.6. The van der Waals surface area contributed by atoms with Gasteiger partial charge < -0.3 is 15.7 Å². The second kappa shape index (κ2) is 6.60. The van der Waals surface area contributed by atoms with Crippen LogP contribution in [0, 0.1) is 13.8 Å². The lowest BCUT2D eigenvalue weighted by molar-refractivity contribution is 0.0599. The Morgan fingerprint density at radius 1 is 1.39 bits per heavy atom. The van der Waals surface area contributed by atoms with Gasteiger partial charge in [0.1, 0.15) is 5.60 Å². The van der Waals surface area contributed by atoms with E-state index in [1.165, 1.54) is 0 Å². The number of nitrogens with zero attached hydrogens (tertiary/aromatic N) is 2. The number of aryl methyl sites for hydroxylation is 3. The minimum atomic E-state index is -1.20. The van der Waals surface area contributed by atoms with Crippen LogP contribution in [0.25, 0.3) is 0 Å². The van der Waals surface area contributed by atoms with Crippen LogP contribution in [0.2, 0.25) is 5.02 Å². The molecule has 3 N–H and O–H groups in total. The fraction of sp³-hybridized carbons (Fsp3) is 0.375. The van der Waals surface area contributed by atoms with E-state index in [4.69, 9.17) is 11.6 Å². The Labute approximate surface area is 140 Å².